The fourth-order valence-electron chi connectivity index (χ4n) is 3.40. The summed E-state index contributed by atoms with van der Waals surface area (Å²) in [5, 5.41) is 2.85. The lowest BCUT2D eigenvalue weighted by Crippen LogP contribution is -2.45. The third-order valence-electron chi connectivity index (χ3n) is 4.96. The molecule has 1 aromatic carbocycles. The molecule has 0 saturated carbocycles. The van der Waals surface area contributed by atoms with Crippen LogP contribution >= 0.6 is 11.3 Å². The average Bonchev–Trinajstić information content (AvgIpc) is 3.10. The second-order valence-corrected chi connectivity index (χ2v) is 7.51. The van der Waals surface area contributed by atoms with Crippen LogP contribution < -0.4 is 4.90 Å². The first-order valence-corrected chi connectivity index (χ1v) is 10.3. The monoisotopic (exact) mass is 372 g/mol. The zero-order valence-corrected chi connectivity index (χ0v) is 16.8. The molecule has 0 aliphatic carbocycles. The Bertz CT molecular complexity index is 737. The van der Waals surface area contributed by atoms with Crippen LogP contribution in [0.3, 0.4) is 0 Å². The number of piperazine rings is 1. The summed E-state index contributed by atoms with van der Waals surface area (Å²) >= 11 is 1.55. The number of thiazole rings is 1. The molecule has 1 aliphatic rings. The van der Waals surface area contributed by atoms with Crippen LogP contribution in [0.1, 0.15) is 32.0 Å². The third kappa shape index (κ3) is 4.31. The zero-order valence-electron chi connectivity index (χ0n) is 15.9. The van der Waals surface area contributed by atoms with E-state index in [2.05, 4.69) is 35.1 Å². The van der Waals surface area contributed by atoms with E-state index < -0.39 is 0 Å². The molecule has 26 heavy (non-hydrogen) atoms. The molecule has 1 aliphatic heterocycles. The minimum atomic E-state index is 0.00311. The van der Waals surface area contributed by atoms with E-state index in [0.29, 0.717) is 0 Å². The van der Waals surface area contributed by atoms with E-state index in [9.17, 15) is 4.79 Å². The third-order valence-corrected chi connectivity index (χ3v) is 5.83. The quantitative estimate of drug-likeness (QED) is 0.778. The van der Waals surface area contributed by atoms with Crippen molar-refractivity contribution in [2.24, 2.45) is 0 Å². The Morgan fingerprint density at radius 3 is 2.50 bits per heavy atom. The van der Waals surface area contributed by atoms with E-state index in [1.165, 1.54) is 0 Å². The molecule has 0 spiro atoms. The Morgan fingerprint density at radius 1 is 1.15 bits per heavy atom. The van der Waals surface area contributed by atoms with Crippen molar-refractivity contribution in [3.63, 3.8) is 0 Å². The highest BCUT2D eigenvalue weighted by molar-refractivity contribution is 7.14. The smallest absolute Gasteiger partial charge is 0.230 e. The first-order valence-electron chi connectivity index (χ1n) is 9.40. The van der Waals surface area contributed by atoms with Crippen molar-refractivity contribution in [3.8, 4) is 0 Å². The molecule has 0 radical (unpaired) electrons. The number of aromatic nitrogens is 1. The van der Waals surface area contributed by atoms with Crippen LogP contribution in [0, 0.1) is 0 Å². The first-order chi connectivity index (χ1) is 12.6. The molecular formula is C20H28N4OS. The maximum absolute atomic E-state index is 12.4. The minimum absolute atomic E-state index is 0.00311. The maximum Gasteiger partial charge on any atom is 0.230 e. The van der Waals surface area contributed by atoms with Gasteiger partial charge in [0.15, 0.2) is 5.13 Å². The molecule has 1 saturated heterocycles. The summed E-state index contributed by atoms with van der Waals surface area (Å²) in [4.78, 5) is 23.8. The molecule has 140 valence electrons. The highest BCUT2D eigenvalue weighted by atomic mass is 32.1. The Hall–Kier alpha value is -1.76. The maximum atomic E-state index is 12.4. The standard InChI is InChI=1S/C20H28N4OS/c1-4-17-8-6-7-9-19(17)24(16(3)25)20-21-18(15-26-20)14-23-12-10-22(5-2)11-13-23/h6-9,15H,4-5,10-14H2,1-3H3. The van der Waals surface area contributed by atoms with E-state index in [4.69, 9.17) is 4.98 Å². The summed E-state index contributed by atoms with van der Waals surface area (Å²) in [7, 11) is 0. The van der Waals surface area contributed by atoms with Crippen LogP contribution in [0.2, 0.25) is 0 Å². The molecule has 6 heteroatoms. The van der Waals surface area contributed by atoms with Crippen molar-refractivity contribution in [2.45, 2.75) is 33.7 Å². The van der Waals surface area contributed by atoms with E-state index in [0.717, 1.165) is 67.8 Å². The van der Waals surface area contributed by atoms with E-state index in [-0.39, 0.29) is 5.91 Å². The molecule has 0 bridgehead atoms. The molecule has 0 N–H and O–H groups in total. The van der Waals surface area contributed by atoms with Gasteiger partial charge in [-0.2, -0.15) is 0 Å². The van der Waals surface area contributed by atoms with Gasteiger partial charge in [0.1, 0.15) is 0 Å². The number of aryl methyl sites for hydroxylation is 1. The van der Waals surface area contributed by atoms with Gasteiger partial charge in [0.25, 0.3) is 0 Å². The SMILES string of the molecule is CCc1ccccc1N(C(C)=O)c1nc(CN2CCN(CC)CC2)cs1. The lowest BCUT2D eigenvalue weighted by Gasteiger charge is -2.33. The molecule has 1 amide bonds. The number of benzene rings is 1. The van der Waals surface area contributed by atoms with E-state index in [1.54, 1.807) is 23.2 Å². The number of anilines is 2. The molecule has 0 atom stereocenters. The van der Waals surface area contributed by atoms with Crippen molar-refractivity contribution in [2.75, 3.05) is 37.6 Å². The van der Waals surface area contributed by atoms with E-state index in [1.807, 2.05) is 18.2 Å². The largest absolute Gasteiger partial charge is 0.301 e. The van der Waals surface area contributed by atoms with Gasteiger partial charge < -0.3 is 4.90 Å². The second kappa shape index (κ2) is 8.75. The second-order valence-electron chi connectivity index (χ2n) is 6.67. The number of rotatable bonds is 6. The minimum Gasteiger partial charge on any atom is -0.301 e. The van der Waals surface area contributed by atoms with Gasteiger partial charge in [0, 0.05) is 45.0 Å². The van der Waals surface area contributed by atoms with Gasteiger partial charge in [-0.25, -0.2) is 4.98 Å². The first kappa shape index (κ1) is 19.0. The van der Waals surface area contributed by atoms with Crippen LogP contribution in [-0.2, 0) is 17.8 Å². The van der Waals surface area contributed by atoms with Gasteiger partial charge in [-0.05, 0) is 24.6 Å². The summed E-state index contributed by atoms with van der Waals surface area (Å²) in [6.45, 7) is 12.3. The number of carbonyl (C=O) groups excluding carboxylic acids is 1. The molecule has 1 aromatic heterocycles. The van der Waals surface area contributed by atoms with Gasteiger partial charge in [0.05, 0.1) is 11.4 Å². The molecular weight excluding hydrogens is 344 g/mol. The number of hydrogen-bond acceptors (Lipinski definition) is 5. The van der Waals surface area contributed by atoms with Crippen molar-refractivity contribution in [1.29, 1.82) is 0 Å². The number of nitrogens with zero attached hydrogens (tertiary/aromatic N) is 4. The predicted octanol–water partition coefficient (Wildman–Crippen LogP) is 3.53. The molecule has 2 aromatic rings. The zero-order chi connectivity index (χ0) is 18.5. The highest BCUT2D eigenvalue weighted by Crippen LogP contribution is 2.32. The van der Waals surface area contributed by atoms with Gasteiger partial charge in [-0.15, -0.1) is 11.3 Å². The Kier molecular flexibility index (Phi) is 6.40. The lowest BCUT2D eigenvalue weighted by molar-refractivity contribution is -0.115. The summed E-state index contributed by atoms with van der Waals surface area (Å²) in [6.07, 6.45) is 0.889. The number of carbonyl (C=O) groups is 1. The van der Waals surface area contributed by atoms with Crippen molar-refractivity contribution in [1.82, 2.24) is 14.8 Å². The van der Waals surface area contributed by atoms with Crippen LogP contribution in [-0.4, -0.2) is 53.4 Å². The molecule has 1 fully saturated rings. The molecule has 3 rings (SSSR count). The van der Waals surface area contributed by atoms with Gasteiger partial charge in [-0.1, -0.05) is 32.0 Å². The van der Waals surface area contributed by atoms with Crippen LogP contribution in [0.4, 0.5) is 10.8 Å². The molecule has 0 unspecified atom stereocenters. The van der Waals surface area contributed by atoms with Crippen molar-refractivity contribution >= 4 is 28.1 Å². The summed E-state index contributed by atoms with van der Waals surface area (Å²) < 4.78 is 0. The average molecular weight is 373 g/mol. The number of para-hydroxylation sites is 1. The number of hydrogen-bond donors (Lipinski definition) is 0. The van der Waals surface area contributed by atoms with Crippen molar-refractivity contribution < 1.29 is 4.79 Å². The summed E-state index contributed by atoms with van der Waals surface area (Å²) in [6, 6.07) is 8.08. The Balaban J connectivity index is 1.75. The summed E-state index contributed by atoms with van der Waals surface area (Å²) in [5.41, 5.74) is 3.16. The fourth-order valence-corrected chi connectivity index (χ4v) is 4.27. The van der Waals surface area contributed by atoms with Gasteiger partial charge in [-0.3, -0.25) is 14.6 Å². The summed E-state index contributed by atoms with van der Waals surface area (Å²) in [5.74, 6) is 0.00311. The highest BCUT2D eigenvalue weighted by Gasteiger charge is 2.21. The van der Waals surface area contributed by atoms with Gasteiger partial charge in [0.2, 0.25) is 5.91 Å². The number of amides is 1. The van der Waals surface area contributed by atoms with Crippen LogP contribution in [0.25, 0.3) is 0 Å². The Labute approximate surface area is 160 Å². The normalized spacial score (nSPS) is 16.0. The topological polar surface area (TPSA) is 39.7 Å². The fraction of sp³-hybridized carbons (Fsp3) is 0.500. The van der Waals surface area contributed by atoms with Crippen molar-refractivity contribution in [3.05, 3.63) is 40.9 Å². The van der Waals surface area contributed by atoms with Crippen LogP contribution in [0.15, 0.2) is 29.6 Å². The molecule has 2 heterocycles. The molecule has 5 nitrogen and oxygen atoms in total. The number of likely N-dealkylation sites (N-methyl/N-ethyl adjacent to an activating group) is 1. The predicted molar refractivity (Wildman–Crippen MR) is 108 cm³/mol. The Morgan fingerprint density at radius 2 is 1.85 bits per heavy atom. The van der Waals surface area contributed by atoms with Crippen LogP contribution in [0.5, 0.6) is 0 Å². The van der Waals surface area contributed by atoms with Gasteiger partial charge >= 0.3 is 0 Å². The van der Waals surface area contributed by atoms with E-state index >= 15 is 0 Å². The lowest BCUT2D eigenvalue weighted by atomic mass is 10.1.